The fourth-order valence-corrected chi connectivity index (χ4v) is 5.20. The molecule has 1 aliphatic rings. The predicted octanol–water partition coefficient (Wildman–Crippen LogP) is 4.30. The van der Waals surface area contributed by atoms with Crippen LogP contribution in [0.5, 0.6) is 0 Å². The molecule has 230 valence electrons. The lowest BCUT2D eigenvalue weighted by Crippen LogP contribution is -2.48. The average molecular weight is 619 g/mol. The van der Waals surface area contributed by atoms with Gasteiger partial charge in [-0.3, -0.25) is 19.2 Å². The van der Waals surface area contributed by atoms with Crippen molar-refractivity contribution in [2.45, 2.75) is 89.8 Å². The van der Waals surface area contributed by atoms with Crippen molar-refractivity contribution in [1.82, 2.24) is 20.9 Å². The van der Waals surface area contributed by atoms with Crippen LogP contribution in [-0.4, -0.2) is 57.9 Å². The van der Waals surface area contributed by atoms with Gasteiger partial charge in [0.2, 0.25) is 5.91 Å². The number of esters is 1. The molecule has 2 rings (SSSR count). The number of rotatable bonds is 10. The van der Waals surface area contributed by atoms with Crippen molar-refractivity contribution in [3.05, 3.63) is 47.4 Å². The van der Waals surface area contributed by atoms with Gasteiger partial charge < -0.3 is 20.7 Å². The van der Waals surface area contributed by atoms with Crippen molar-refractivity contribution in [1.29, 1.82) is 0 Å². The van der Waals surface area contributed by atoms with Crippen molar-refractivity contribution in [3.8, 4) is 0 Å². The number of unbranched alkanes of at least 4 members (excludes halogenated alkanes) is 2. The third kappa shape index (κ3) is 12.0. The van der Waals surface area contributed by atoms with E-state index in [0.29, 0.717) is 24.3 Å². The maximum absolute atomic E-state index is 13.2. The molecule has 2 bridgehead atoms. The van der Waals surface area contributed by atoms with Crippen LogP contribution < -0.4 is 16.0 Å². The van der Waals surface area contributed by atoms with Crippen molar-refractivity contribution < 1.29 is 28.7 Å². The van der Waals surface area contributed by atoms with Gasteiger partial charge in [-0.1, -0.05) is 57.5 Å². The summed E-state index contributed by atoms with van der Waals surface area (Å²) >= 11 is 2.69. The average Bonchev–Trinajstić information content (AvgIpc) is 2.96. The van der Waals surface area contributed by atoms with Crippen LogP contribution in [-0.2, 0) is 30.5 Å². The molecule has 10 nitrogen and oxygen atoms in total. The smallest absolute Gasteiger partial charge is 0.329 e. The van der Waals surface area contributed by atoms with Gasteiger partial charge in [-0.15, -0.1) is 11.8 Å². The summed E-state index contributed by atoms with van der Waals surface area (Å²) in [6, 6.07) is 2.34. The summed E-state index contributed by atoms with van der Waals surface area (Å²) in [4.78, 5) is 69.3. The number of carbonyl (C=O) groups excluding carboxylic acids is 5. The molecule has 0 saturated heterocycles. The lowest BCUT2D eigenvalue weighted by atomic mass is 10.0. The number of carbonyl (C=O) groups is 5. The Kier molecular flexibility index (Phi) is 15.4. The largest absolute Gasteiger partial charge is 0.456 e. The molecular formula is C30H42N4O6S2. The van der Waals surface area contributed by atoms with E-state index < -0.39 is 29.9 Å². The highest BCUT2D eigenvalue weighted by atomic mass is 32.2. The summed E-state index contributed by atoms with van der Waals surface area (Å²) < 4.78 is 5.71. The molecule has 1 aliphatic heterocycles. The van der Waals surface area contributed by atoms with E-state index in [2.05, 4.69) is 27.9 Å². The molecule has 12 heteroatoms. The molecule has 0 spiro atoms. The van der Waals surface area contributed by atoms with Crippen molar-refractivity contribution >= 4 is 52.3 Å². The van der Waals surface area contributed by atoms with Gasteiger partial charge in [-0.2, -0.15) is 0 Å². The minimum Gasteiger partial charge on any atom is -0.456 e. The maximum Gasteiger partial charge on any atom is 0.329 e. The van der Waals surface area contributed by atoms with E-state index in [1.165, 1.54) is 29.6 Å². The van der Waals surface area contributed by atoms with Gasteiger partial charge in [-0.25, -0.2) is 9.78 Å². The number of cyclic esters (lactones) is 1. The molecule has 3 amide bonds. The van der Waals surface area contributed by atoms with Gasteiger partial charge in [0.05, 0.1) is 18.7 Å². The number of hydrogen-bond acceptors (Lipinski definition) is 9. The Labute approximate surface area is 256 Å². The maximum atomic E-state index is 13.2. The molecule has 1 aromatic heterocycles. The molecule has 0 fully saturated rings. The molecule has 0 saturated carbocycles. The first kappa shape index (κ1) is 35.1. The number of ether oxygens (including phenoxy) is 1. The minimum atomic E-state index is -1.03. The first-order valence-electron chi connectivity index (χ1n) is 14.2. The number of fused-ring (bicyclic) bond motifs is 2. The quantitative estimate of drug-likeness (QED) is 0.115. The fraction of sp³-hybridized carbons (Fsp3) is 0.533. The molecule has 2 heterocycles. The van der Waals surface area contributed by atoms with Crippen LogP contribution in [0.15, 0.2) is 41.0 Å². The number of hydrogen-bond donors (Lipinski definition) is 3. The van der Waals surface area contributed by atoms with E-state index in [1.54, 1.807) is 45.1 Å². The van der Waals surface area contributed by atoms with E-state index in [0.717, 1.165) is 24.2 Å². The van der Waals surface area contributed by atoms with Crippen LogP contribution in [0.25, 0.3) is 0 Å². The summed E-state index contributed by atoms with van der Waals surface area (Å²) in [6.45, 7) is 7.25. The van der Waals surface area contributed by atoms with Crippen molar-refractivity contribution in [2.75, 3.05) is 12.0 Å². The van der Waals surface area contributed by atoms with E-state index in [4.69, 9.17) is 4.74 Å². The second-order valence-corrected chi connectivity index (χ2v) is 12.1. The number of aromatic nitrogens is 1. The lowest BCUT2D eigenvalue weighted by molar-refractivity contribution is -0.153. The summed E-state index contributed by atoms with van der Waals surface area (Å²) in [5, 5.41) is 8.17. The third-order valence-electron chi connectivity index (χ3n) is 6.31. The van der Waals surface area contributed by atoms with Crippen LogP contribution in [0.3, 0.4) is 0 Å². The summed E-state index contributed by atoms with van der Waals surface area (Å²) in [5.41, 5.74) is 0.520. The molecule has 0 unspecified atom stereocenters. The van der Waals surface area contributed by atoms with E-state index in [1.807, 2.05) is 6.26 Å². The van der Waals surface area contributed by atoms with Gasteiger partial charge in [-0.05, 0) is 50.1 Å². The monoisotopic (exact) mass is 618 g/mol. The van der Waals surface area contributed by atoms with Gasteiger partial charge >= 0.3 is 5.97 Å². The summed E-state index contributed by atoms with van der Waals surface area (Å²) in [6.07, 6.45) is 9.78. The SMILES string of the molecule is C/C=C1\NC(=O)c2cc(SC)cc(n2)CNC(=O)C[C@@H](/C=C/CCSC(=O)CCCCC)OC(=O)[C@H](C(C)C)NC1=O. The Morgan fingerprint density at radius 3 is 2.60 bits per heavy atom. The molecule has 42 heavy (non-hydrogen) atoms. The van der Waals surface area contributed by atoms with E-state index >= 15 is 0 Å². The molecule has 0 aliphatic carbocycles. The topological polar surface area (TPSA) is 144 Å². The van der Waals surface area contributed by atoms with Crippen LogP contribution >= 0.6 is 23.5 Å². The Hall–Kier alpha value is -3.12. The molecular weight excluding hydrogens is 576 g/mol. The highest BCUT2D eigenvalue weighted by Crippen LogP contribution is 2.18. The third-order valence-corrected chi connectivity index (χ3v) is 7.99. The van der Waals surface area contributed by atoms with E-state index in [-0.39, 0.29) is 41.3 Å². The van der Waals surface area contributed by atoms with Crippen molar-refractivity contribution in [3.63, 3.8) is 0 Å². The zero-order valence-corrected chi connectivity index (χ0v) is 26.6. The zero-order valence-electron chi connectivity index (χ0n) is 25.0. The van der Waals surface area contributed by atoms with Gasteiger partial charge in [0.15, 0.2) is 5.12 Å². The molecule has 0 aromatic carbocycles. The van der Waals surface area contributed by atoms with E-state index in [9.17, 15) is 24.0 Å². The number of allylic oxidation sites excluding steroid dienone is 2. The lowest BCUT2D eigenvalue weighted by Gasteiger charge is -2.24. The Balaban J connectivity index is 2.27. The van der Waals surface area contributed by atoms with Crippen molar-refractivity contribution in [2.24, 2.45) is 5.92 Å². The second-order valence-electron chi connectivity index (χ2n) is 10.1. The number of nitrogens with one attached hydrogen (secondary N) is 3. The first-order chi connectivity index (χ1) is 20.1. The standard InChI is InChI=1S/C30H42N4O6S2/c1-6-8-9-13-26(36)42-14-11-10-12-21-16-25(35)31-18-20-15-22(41-5)17-24(32-20)29(38)33-23(7-2)28(37)34-27(19(3)4)30(39)40-21/h7,10,12,15,17,19,21,27H,6,8-9,11,13-14,16,18H2,1-5H3,(H,31,35)(H,33,38)(H,34,37)/b12-10+,23-7-/t21-,27+/m1/s1. The second kappa shape index (κ2) is 18.4. The molecule has 2 atom stereocenters. The fourth-order valence-electron chi connectivity index (χ4n) is 3.94. The van der Waals surface area contributed by atoms with Crippen LogP contribution in [0.4, 0.5) is 0 Å². The molecule has 0 radical (unpaired) electrons. The number of thioether (sulfide) groups is 2. The number of pyridine rings is 1. The van der Waals surface area contributed by atoms with Gasteiger partial charge in [0.1, 0.15) is 23.5 Å². The highest BCUT2D eigenvalue weighted by molar-refractivity contribution is 8.13. The van der Waals surface area contributed by atoms with Gasteiger partial charge in [0.25, 0.3) is 11.8 Å². The van der Waals surface area contributed by atoms with Crippen LogP contribution in [0.2, 0.25) is 0 Å². The van der Waals surface area contributed by atoms with Gasteiger partial charge in [0, 0.05) is 17.1 Å². The zero-order chi connectivity index (χ0) is 31.1. The molecule has 3 N–H and O–H groups in total. The Morgan fingerprint density at radius 1 is 1.17 bits per heavy atom. The van der Waals surface area contributed by atoms with Crippen LogP contribution in [0, 0.1) is 5.92 Å². The normalized spacial score (nSPS) is 19.9. The Morgan fingerprint density at radius 2 is 1.93 bits per heavy atom. The predicted molar refractivity (Wildman–Crippen MR) is 166 cm³/mol. The highest BCUT2D eigenvalue weighted by Gasteiger charge is 2.30. The number of nitrogens with zero attached hydrogens (tertiary/aromatic N) is 1. The first-order valence-corrected chi connectivity index (χ1v) is 16.4. The summed E-state index contributed by atoms with van der Waals surface area (Å²) in [5.74, 6) is -2.09. The van der Waals surface area contributed by atoms with Crippen LogP contribution in [0.1, 0.15) is 82.4 Å². The molecule has 1 aromatic rings. The Bertz CT molecular complexity index is 1180. The minimum absolute atomic E-state index is 0.0325. The number of amides is 3. The summed E-state index contributed by atoms with van der Waals surface area (Å²) in [7, 11) is 0.